The lowest BCUT2D eigenvalue weighted by Gasteiger charge is -2.06. The molecule has 9 heteroatoms. The fraction of sp³-hybridized carbons (Fsp3) is 0. The van der Waals surface area contributed by atoms with Gasteiger partial charge in [-0.25, -0.2) is 9.63 Å². The quantitative estimate of drug-likeness (QED) is 0.260. The first kappa shape index (κ1) is 20.9. The minimum absolute atomic E-state index is 0.0425. The van der Waals surface area contributed by atoms with E-state index in [0.29, 0.717) is 21.4 Å². The van der Waals surface area contributed by atoms with Crippen LogP contribution in [0, 0.1) is 0 Å². The average molecular weight is 449 g/mol. The molecule has 0 heterocycles. The van der Waals surface area contributed by atoms with Gasteiger partial charge in [-0.1, -0.05) is 35.3 Å². The van der Waals surface area contributed by atoms with Gasteiger partial charge in [0.05, 0.1) is 21.7 Å². The molecule has 29 heavy (non-hydrogen) atoms. The molecule has 0 fully saturated rings. The highest BCUT2D eigenvalue weighted by atomic mass is 35.5. The number of nitrogens with one attached hydrogen (secondary N) is 1. The molecule has 0 amide bonds. The Morgan fingerprint density at radius 1 is 0.931 bits per heavy atom. The minimum Gasteiger partial charge on any atom is -0.423 e. The summed E-state index contributed by atoms with van der Waals surface area (Å²) in [7, 11) is -3.79. The van der Waals surface area contributed by atoms with Crippen LogP contribution < -0.4 is 9.57 Å². The molecule has 3 aromatic rings. The SMILES string of the molecule is O=C(Oc1ccc(/C=N\NS(=O)(=O)c2ccc(Cl)cc2)cc1)c1ccccc1Cl. The zero-order valence-electron chi connectivity index (χ0n) is 14.7. The maximum atomic E-state index is 12.1. The number of rotatable bonds is 6. The lowest BCUT2D eigenvalue weighted by molar-refractivity contribution is 0.0735. The normalized spacial score (nSPS) is 11.4. The van der Waals surface area contributed by atoms with E-state index < -0.39 is 16.0 Å². The zero-order chi connectivity index (χ0) is 20.9. The van der Waals surface area contributed by atoms with E-state index in [1.807, 2.05) is 0 Å². The third-order valence-electron chi connectivity index (χ3n) is 3.69. The molecule has 0 spiro atoms. The lowest BCUT2D eigenvalue weighted by Crippen LogP contribution is -2.18. The number of benzene rings is 3. The van der Waals surface area contributed by atoms with Crippen LogP contribution in [-0.2, 0) is 10.0 Å². The highest BCUT2D eigenvalue weighted by Gasteiger charge is 2.13. The van der Waals surface area contributed by atoms with Gasteiger partial charge in [-0.2, -0.15) is 13.5 Å². The van der Waals surface area contributed by atoms with Gasteiger partial charge in [0.15, 0.2) is 0 Å². The van der Waals surface area contributed by atoms with E-state index in [2.05, 4.69) is 9.93 Å². The van der Waals surface area contributed by atoms with E-state index in [-0.39, 0.29) is 10.5 Å². The Bertz CT molecular complexity index is 1150. The number of carbonyl (C=O) groups is 1. The van der Waals surface area contributed by atoms with E-state index in [1.165, 1.54) is 30.5 Å². The summed E-state index contributed by atoms with van der Waals surface area (Å²) in [4.78, 5) is 14.3. The molecule has 0 atom stereocenters. The fourth-order valence-electron chi connectivity index (χ4n) is 2.25. The van der Waals surface area contributed by atoms with Crippen molar-refractivity contribution in [3.05, 3.63) is 94.0 Å². The van der Waals surface area contributed by atoms with Gasteiger partial charge in [-0.3, -0.25) is 0 Å². The summed E-state index contributed by atoms with van der Waals surface area (Å²) in [6.45, 7) is 0. The minimum atomic E-state index is -3.79. The summed E-state index contributed by atoms with van der Waals surface area (Å²) in [5.41, 5.74) is 0.859. The second-order valence-corrected chi connectivity index (χ2v) is 8.25. The van der Waals surface area contributed by atoms with Gasteiger partial charge >= 0.3 is 5.97 Å². The van der Waals surface area contributed by atoms with Gasteiger partial charge in [0.2, 0.25) is 0 Å². The molecule has 1 N–H and O–H groups in total. The van der Waals surface area contributed by atoms with Gasteiger partial charge in [-0.15, -0.1) is 0 Å². The fourth-order valence-corrected chi connectivity index (χ4v) is 3.38. The maximum Gasteiger partial charge on any atom is 0.345 e. The van der Waals surface area contributed by atoms with Crippen molar-refractivity contribution in [3.8, 4) is 5.75 Å². The lowest BCUT2D eigenvalue weighted by atomic mass is 10.2. The molecule has 0 aliphatic heterocycles. The Morgan fingerprint density at radius 2 is 1.59 bits per heavy atom. The molecular formula is C20H14Cl2N2O4S. The molecule has 0 aliphatic carbocycles. The Hall–Kier alpha value is -2.87. The summed E-state index contributed by atoms with van der Waals surface area (Å²) in [6.07, 6.45) is 1.33. The molecule has 0 bridgehead atoms. The highest BCUT2D eigenvalue weighted by molar-refractivity contribution is 7.89. The molecule has 0 radical (unpaired) electrons. The summed E-state index contributed by atoms with van der Waals surface area (Å²) in [5, 5.41) is 4.47. The molecular weight excluding hydrogens is 435 g/mol. The highest BCUT2D eigenvalue weighted by Crippen LogP contribution is 2.19. The van der Waals surface area contributed by atoms with Gasteiger partial charge in [-0.05, 0) is 66.2 Å². The number of sulfonamides is 1. The molecule has 0 aliphatic rings. The van der Waals surface area contributed by atoms with Gasteiger partial charge in [0.1, 0.15) is 5.75 Å². The van der Waals surface area contributed by atoms with E-state index in [0.717, 1.165) is 0 Å². The topological polar surface area (TPSA) is 84.8 Å². The zero-order valence-corrected chi connectivity index (χ0v) is 17.1. The number of nitrogens with zero attached hydrogens (tertiary/aromatic N) is 1. The predicted molar refractivity (Wildman–Crippen MR) is 112 cm³/mol. The Balaban J connectivity index is 1.62. The van der Waals surface area contributed by atoms with Crippen LogP contribution in [0.1, 0.15) is 15.9 Å². The molecule has 0 aromatic heterocycles. The number of ether oxygens (including phenoxy) is 1. The third kappa shape index (κ3) is 5.57. The van der Waals surface area contributed by atoms with Crippen LogP contribution in [0.4, 0.5) is 0 Å². The molecule has 0 saturated carbocycles. The maximum absolute atomic E-state index is 12.1. The smallest absolute Gasteiger partial charge is 0.345 e. The van der Waals surface area contributed by atoms with Crippen LogP contribution in [0.3, 0.4) is 0 Å². The summed E-state index contributed by atoms with van der Waals surface area (Å²) in [5.74, 6) is -0.262. The Labute approximate surface area is 177 Å². The predicted octanol–water partition coefficient (Wildman–Crippen LogP) is 4.53. The standard InChI is InChI=1S/C20H14Cl2N2O4S/c21-15-7-11-17(12-8-15)29(26,27)24-23-13-14-5-9-16(10-6-14)28-20(25)18-3-1-2-4-19(18)22/h1-13,24H/b23-13-. The average Bonchev–Trinajstić information content (AvgIpc) is 2.70. The first-order chi connectivity index (χ1) is 13.8. The summed E-state index contributed by atoms with van der Waals surface area (Å²) >= 11 is 11.7. The van der Waals surface area contributed by atoms with Crippen molar-refractivity contribution in [1.82, 2.24) is 4.83 Å². The summed E-state index contributed by atoms with van der Waals surface area (Å²) < 4.78 is 29.5. The van der Waals surface area contributed by atoms with Crippen LogP contribution in [0.5, 0.6) is 5.75 Å². The van der Waals surface area contributed by atoms with Gasteiger partial charge in [0.25, 0.3) is 10.0 Å². The Morgan fingerprint density at radius 3 is 2.24 bits per heavy atom. The van der Waals surface area contributed by atoms with Crippen molar-refractivity contribution in [2.24, 2.45) is 5.10 Å². The molecule has 148 valence electrons. The first-order valence-electron chi connectivity index (χ1n) is 8.22. The molecule has 0 unspecified atom stereocenters. The second kappa shape index (κ2) is 9.09. The Kier molecular flexibility index (Phi) is 6.53. The van der Waals surface area contributed by atoms with Crippen LogP contribution in [0.2, 0.25) is 10.0 Å². The van der Waals surface area contributed by atoms with Crippen molar-refractivity contribution >= 4 is 45.4 Å². The van der Waals surface area contributed by atoms with Crippen LogP contribution in [-0.4, -0.2) is 20.6 Å². The van der Waals surface area contributed by atoms with Crippen molar-refractivity contribution in [2.75, 3.05) is 0 Å². The number of carbonyl (C=O) groups excluding carboxylic acids is 1. The van der Waals surface area contributed by atoms with E-state index in [1.54, 1.807) is 48.5 Å². The van der Waals surface area contributed by atoms with Crippen molar-refractivity contribution < 1.29 is 17.9 Å². The van der Waals surface area contributed by atoms with Crippen molar-refractivity contribution in [2.45, 2.75) is 4.90 Å². The number of esters is 1. The van der Waals surface area contributed by atoms with Crippen molar-refractivity contribution in [3.63, 3.8) is 0 Å². The first-order valence-corrected chi connectivity index (χ1v) is 10.5. The number of hydrazone groups is 1. The molecule has 3 rings (SSSR count). The third-order valence-corrected chi connectivity index (χ3v) is 5.51. The monoisotopic (exact) mass is 448 g/mol. The summed E-state index contributed by atoms with van der Waals surface area (Å²) in [6, 6.07) is 18.6. The number of hydrogen-bond acceptors (Lipinski definition) is 5. The van der Waals surface area contributed by atoms with Crippen LogP contribution in [0.15, 0.2) is 82.8 Å². The number of halogens is 2. The second-order valence-electron chi connectivity index (χ2n) is 5.75. The molecule has 6 nitrogen and oxygen atoms in total. The molecule has 3 aromatic carbocycles. The van der Waals surface area contributed by atoms with E-state index in [4.69, 9.17) is 27.9 Å². The largest absolute Gasteiger partial charge is 0.423 e. The van der Waals surface area contributed by atoms with E-state index >= 15 is 0 Å². The molecule has 0 saturated heterocycles. The van der Waals surface area contributed by atoms with Gasteiger partial charge in [0, 0.05) is 5.02 Å². The van der Waals surface area contributed by atoms with E-state index in [9.17, 15) is 13.2 Å². The number of hydrogen-bond donors (Lipinski definition) is 1. The van der Waals surface area contributed by atoms with Crippen LogP contribution in [0.25, 0.3) is 0 Å². The van der Waals surface area contributed by atoms with Gasteiger partial charge < -0.3 is 4.74 Å². The van der Waals surface area contributed by atoms with Crippen molar-refractivity contribution in [1.29, 1.82) is 0 Å². The van der Waals surface area contributed by atoms with Crippen LogP contribution >= 0.6 is 23.2 Å².